The Labute approximate surface area is 75.2 Å². The second-order valence-electron chi connectivity index (χ2n) is 2.37. The van der Waals surface area contributed by atoms with Gasteiger partial charge < -0.3 is 0 Å². The number of nitrogens with zero attached hydrogens (tertiary/aromatic N) is 1. The fraction of sp³-hybridized carbons (Fsp3) is 0.125. The number of benzene rings is 1. The summed E-state index contributed by atoms with van der Waals surface area (Å²) in [7, 11) is 0. The molecule has 0 atom stereocenters. The van der Waals surface area contributed by atoms with Gasteiger partial charge in [-0.15, -0.1) is 0 Å². The van der Waals surface area contributed by atoms with E-state index in [0.29, 0.717) is 0 Å². The summed E-state index contributed by atoms with van der Waals surface area (Å²) in [4.78, 5) is 2.29. The van der Waals surface area contributed by atoms with E-state index in [9.17, 15) is 0 Å². The summed E-state index contributed by atoms with van der Waals surface area (Å²) in [5.41, 5.74) is 1.10. The van der Waals surface area contributed by atoms with Crippen LogP contribution < -0.4 is 3.71 Å². The molecular formula is C8H8N2Sn. The van der Waals surface area contributed by atoms with Crippen molar-refractivity contribution in [2.45, 2.75) is 4.94 Å². The summed E-state index contributed by atoms with van der Waals surface area (Å²) in [6.45, 7) is 0. The molecule has 0 aliphatic rings. The third-order valence-corrected chi connectivity index (χ3v) is 4.23. The van der Waals surface area contributed by atoms with Crippen molar-refractivity contribution in [1.29, 1.82) is 0 Å². The molecule has 0 fully saturated rings. The van der Waals surface area contributed by atoms with Gasteiger partial charge in [-0.2, -0.15) is 0 Å². The second-order valence-corrected chi connectivity index (χ2v) is 5.22. The van der Waals surface area contributed by atoms with Crippen LogP contribution >= 0.6 is 0 Å². The molecule has 0 amide bonds. The number of aromatic amines is 1. The molecule has 0 saturated carbocycles. The van der Waals surface area contributed by atoms with Crippen LogP contribution in [-0.2, 0) is 0 Å². The van der Waals surface area contributed by atoms with Crippen molar-refractivity contribution >= 4 is 35.8 Å². The first-order valence-corrected chi connectivity index (χ1v) is 7.81. The molecule has 54 valence electrons. The molecule has 0 bridgehead atoms. The minimum atomic E-state index is -0.358. The maximum absolute atomic E-state index is 4.21. The van der Waals surface area contributed by atoms with Gasteiger partial charge in [0, 0.05) is 0 Å². The molecule has 1 aromatic carbocycles. The maximum atomic E-state index is 4.21. The molecule has 0 aliphatic carbocycles. The van der Waals surface area contributed by atoms with E-state index in [0.717, 1.165) is 5.52 Å². The third kappa shape index (κ3) is 1.15. The molecule has 0 aliphatic heterocycles. The van der Waals surface area contributed by atoms with E-state index in [1.54, 1.807) is 0 Å². The molecule has 1 N–H and O–H groups in total. The van der Waals surface area contributed by atoms with Gasteiger partial charge in [0.1, 0.15) is 0 Å². The minimum absolute atomic E-state index is 0.358. The van der Waals surface area contributed by atoms with Crippen LogP contribution in [-0.4, -0.2) is 31.3 Å². The van der Waals surface area contributed by atoms with Crippen LogP contribution in [0, 0.1) is 0 Å². The van der Waals surface area contributed by atoms with Crippen molar-refractivity contribution in [3.63, 3.8) is 0 Å². The van der Waals surface area contributed by atoms with E-state index < -0.39 is 0 Å². The van der Waals surface area contributed by atoms with Gasteiger partial charge in [-0.05, 0) is 0 Å². The van der Waals surface area contributed by atoms with Crippen molar-refractivity contribution < 1.29 is 0 Å². The number of rotatable bonds is 1. The van der Waals surface area contributed by atoms with Crippen LogP contribution in [0.3, 0.4) is 0 Å². The molecular weight excluding hydrogens is 243 g/mol. The quantitative estimate of drug-likeness (QED) is 0.750. The van der Waals surface area contributed by atoms with E-state index in [-0.39, 0.29) is 21.1 Å². The standard InChI is InChI=1S/C7H5N2.CH3.Sn/c1-2-4-7-6(3-1)5-8-9-7;;/h1-4H,(H,8,9);1H3;. The fourth-order valence-corrected chi connectivity index (χ4v) is 3.00. The van der Waals surface area contributed by atoms with Crippen molar-refractivity contribution in [3.8, 4) is 0 Å². The third-order valence-electron chi connectivity index (χ3n) is 1.71. The van der Waals surface area contributed by atoms with Crippen LogP contribution in [0.15, 0.2) is 24.3 Å². The summed E-state index contributed by atoms with van der Waals surface area (Å²) in [6, 6.07) is 8.27. The Hall–Kier alpha value is -0.511. The summed E-state index contributed by atoms with van der Waals surface area (Å²) >= 11 is -0.358. The van der Waals surface area contributed by atoms with E-state index in [4.69, 9.17) is 0 Å². The van der Waals surface area contributed by atoms with Gasteiger partial charge in [-0.1, -0.05) is 0 Å². The first-order valence-electron chi connectivity index (χ1n) is 3.52. The number of nitrogens with one attached hydrogen (secondary N) is 1. The predicted molar refractivity (Wildman–Crippen MR) is 47.3 cm³/mol. The van der Waals surface area contributed by atoms with Crippen LogP contribution in [0.25, 0.3) is 10.9 Å². The van der Waals surface area contributed by atoms with E-state index in [1.807, 2.05) is 12.1 Å². The number of fused-ring (bicyclic) bond motifs is 1. The van der Waals surface area contributed by atoms with Crippen LogP contribution in [0.1, 0.15) is 0 Å². The number of hydrogen-bond acceptors (Lipinski definition) is 1. The Balaban J connectivity index is 2.76. The topological polar surface area (TPSA) is 28.7 Å². The summed E-state index contributed by atoms with van der Waals surface area (Å²) < 4.78 is 1.39. The van der Waals surface area contributed by atoms with Crippen LogP contribution in [0.2, 0.25) is 4.94 Å². The number of aromatic nitrogens is 2. The van der Waals surface area contributed by atoms with E-state index in [1.165, 1.54) is 9.10 Å². The Morgan fingerprint density at radius 1 is 1.36 bits per heavy atom. The molecule has 0 saturated heterocycles. The first kappa shape index (κ1) is 7.15. The molecule has 2 radical (unpaired) electrons. The molecule has 2 rings (SSSR count). The second kappa shape index (κ2) is 2.85. The summed E-state index contributed by atoms with van der Waals surface area (Å²) in [5, 5.41) is 8.62. The molecule has 1 aromatic heterocycles. The van der Waals surface area contributed by atoms with Crippen molar-refractivity contribution in [1.82, 2.24) is 10.2 Å². The van der Waals surface area contributed by atoms with Crippen molar-refractivity contribution in [3.05, 3.63) is 24.3 Å². The van der Waals surface area contributed by atoms with Crippen molar-refractivity contribution in [2.75, 3.05) is 0 Å². The molecule has 11 heavy (non-hydrogen) atoms. The molecule has 2 nitrogen and oxygen atoms in total. The fourth-order valence-electron chi connectivity index (χ4n) is 1.15. The Morgan fingerprint density at radius 2 is 2.18 bits per heavy atom. The number of hydrogen-bond donors (Lipinski definition) is 1. The van der Waals surface area contributed by atoms with Gasteiger partial charge in [-0.3, -0.25) is 0 Å². The molecule has 2 aromatic rings. The predicted octanol–water partition coefficient (Wildman–Crippen LogP) is 0.940. The average molecular weight is 251 g/mol. The average Bonchev–Trinajstić information content (AvgIpc) is 2.47. The Kier molecular flexibility index (Phi) is 1.85. The Bertz CT molecular complexity index is 367. The molecule has 0 spiro atoms. The zero-order valence-electron chi connectivity index (χ0n) is 6.26. The van der Waals surface area contributed by atoms with Crippen molar-refractivity contribution in [2.24, 2.45) is 0 Å². The zero-order chi connectivity index (χ0) is 7.68. The number of para-hydroxylation sites is 1. The van der Waals surface area contributed by atoms with E-state index >= 15 is 0 Å². The number of H-pyrrole nitrogens is 1. The zero-order valence-corrected chi connectivity index (χ0v) is 9.11. The van der Waals surface area contributed by atoms with Gasteiger partial charge in [0.15, 0.2) is 0 Å². The van der Waals surface area contributed by atoms with Gasteiger partial charge in [0.2, 0.25) is 0 Å². The van der Waals surface area contributed by atoms with Crippen LogP contribution in [0.5, 0.6) is 0 Å². The van der Waals surface area contributed by atoms with E-state index in [2.05, 4.69) is 27.3 Å². The summed E-state index contributed by atoms with van der Waals surface area (Å²) in [5.74, 6) is 0. The normalized spacial score (nSPS) is 10.6. The van der Waals surface area contributed by atoms with Gasteiger partial charge in [0.05, 0.1) is 0 Å². The van der Waals surface area contributed by atoms with Gasteiger partial charge in [0.25, 0.3) is 0 Å². The summed E-state index contributed by atoms with van der Waals surface area (Å²) in [6.07, 6.45) is 0. The molecule has 3 heteroatoms. The van der Waals surface area contributed by atoms with Gasteiger partial charge in [-0.25, -0.2) is 0 Å². The van der Waals surface area contributed by atoms with Gasteiger partial charge >= 0.3 is 75.2 Å². The molecule has 0 unspecified atom stereocenters. The Morgan fingerprint density at radius 3 is 3.00 bits per heavy atom. The van der Waals surface area contributed by atoms with Crippen LogP contribution in [0.4, 0.5) is 0 Å². The molecule has 1 heterocycles. The monoisotopic (exact) mass is 252 g/mol. The first-order chi connectivity index (χ1) is 5.42. The SMILES string of the molecule is [CH3][Sn][c]1[nH]nc2ccccc12.